The van der Waals surface area contributed by atoms with Crippen LogP contribution in [0.5, 0.6) is 0 Å². The number of ether oxygens (including phenoxy) is 1. The second-order valence-electron chi connectivity index (χ2n) is 3.22. The van der Waals surface area contributed by atoms with Gasteiger partial charge in [-0.2, -0.15) is 5.10 Å². The lowest BCUT2D eigenvalue weighted by atomic mass is 10.1. The third-order valence-electron chi connectivity index (χ3n) is 2.24. The van der Waals surface area contributed by atoms with E-state index in [0.29, 0.717) is 23.1 Å². The Morgan fingerprint density at radius 2 is 2.29 bits per heavy atom. The zero-order valence-corrected chi connectivity index (χ0v) is 9.03. The van der Waals surface area contributed by atoms with E-state index in [-0.39, 0.29) is 0 Å². The van der Waals surface area contributed by atoms with E-state index in [2.05, 4.69) is 14.8 Å². The molecule has 17 heavy (non-hydrogen) atoms. The summed E-state index contributed by atoms with van der Waals surface area (Å²) in [6.45, 7) is 0. The molecule has 1 aromatic heterocycles. The van der Waals surface area contributed by atoms with Crippen LogP contribution in [0, 0.1) is 0 Å². The Hall–Kier alpha value is -2.50. The quantitative estimate of drug-likeness (QED) is 0.578. The van der Waals surface area contributed by atoms with Gasteiger partial charge in [-0.05, 0) is 18.2 Å². The molecule has 0 amide bonds. The summed E-state index contributed by atoms with van der Waals surface area (Å²) in [5.74, 6) is -0.488. The van der Waals surface area contributed by atoms with E-state index in [4.69, 9.17) is 0 Å². The van der Waals surface area contributed by atoms with Gasteiger partial charge in [0.2, 0.25) is 0 Å². The van der Waals surface area contributed by atoms with Gasteiger partial charge >= 0.3 is 5.97 Å². The Bertz CT molecular complexity index is 549. The van der Waals surface area contributed by atoms with Crippen LogP contribution in [0.4, 0.5) is 0 Å². The van der Waals surface area contributed by atoms with Gasteiger partial charge in [-0.1, -0.05) is 0 Å². The maximum Gasteiger partial charge on any atom is 0.337 e. The Morgan fingerprint density at radius 1 is 1.47 bits per heavy atom. The van der Waals surface area contributed by atoms with Crippen LogP contribution in [0.25, 0.3) is 5.69 Å². The number of aldehydes is 1. The Labute approximate surface area is 96.8 Å². The van der Waals surface area contributed by atoms with Crippen molar-refractivity contribution >= 4 is 12.3 Å². The van der Waals surface area contributed by atoms with Crippen LogP contribution in [0.2, 0.25) is 0 Å². The Kier molecular flexibility index (Phi) is 2.95. The third kappa shape index (κ3) is 2.05. The molecule has 0 aliphatic rings. The van der Waals surface area contributed by atoms with Crippen molar-refractivity contribution in [3.05, 3.63) is 42.0 Å². The summed E-state index contributed by atoms with van der Waals surface area (Å²) < 4.78 is 6.03. The average molecular weight is 231 g/mol. The average Bonchev–Trinajstić information content (AvgIpc) is 2.90. The molecule has 0 spiro atoms. The zero-order valence-electron chi connectivity index (χ0n) is 9.03. The molecule has 0 aliphatic carbocycles. The predicted molar refractivity (Wildman–Crippen MR) is 58.1 cm³/mol. The number of benzene rings is 1. The zero-order chi connectivity index (χ0) is 12.3. The summed E-state index contributed by atoms with van der Waals surface area (Å²) in [4.78, 5) is 26.1. The SMILES string of the molecule is COC(=O)c1ccc(-n2cncn2)c(C=O)c1. The number of carbonyl (C=O) groups is 2. The molecule has 0 unspecified atom stereocenters. The number of carbonyl (C=O) groups excluding carboxylic acids is 2. The Balaban J connectivity index is 2.49. The highest BCUT2D eigenvalue weighted by Crippen LogP contribution is 2.14. The number of hydrogen-bond acceptors (Lipinski definition) is 5. The summed E-state index contributed by atoms with van der Waals surface area (Å²) in [7, 11) is 1.29. The first-order valence-electron chi connectivity index (χ1n) is 4.79. The van der Waals surface area contributed by atoms with Gasteiger partial charge in [0.05, 0.1) is 18.4 Å². The van der Waals surface area contributed by atoms with E-state index in [1.54, 1.807) is 12.1 Å². The van der Waals surface area contributed by atoms with Crippen molar-refractivity contribution in [2.75, 3.05) is 7.11 Å². The number of methoxy groups -OCH3 is 1. The molecule has 0 saturated carbocycles. The van der Waals surface area contributed by atoms with E-state index in [9.17, 15) is 9.59 Å². The largest absolute Gasteiger partial charge is 0.465 e. The number of rotatable bonds is 3. The normalized spacial score (nSPS) is 9.94. The highest BCUT2D eigenvalue weighted by atomic mass is 16.5. The lowest BCUT2D eigenvalue weighted by molar-refractivity contribution is 0.0600. The van der Waals surface area contributed by atoms with Crippen molar-refractivity contribution in [2.45, 2.75) is 0 Å². The molecule has 0 bridgehead atoms. The van der Waals surface area contributed by atoms with Crippen molar-refractivity contribution in [3.63, 3.8) is 0 Å². The minimum atomic E-state index is -0.488. The van der Waals surface area contributed by atoms with Crippen LogP contribution >= 0.6 is 0 Å². The van der Waals surface area contributed by atoms with E-state index in [1.807, 2.05) is 0 Å². The van der Waals surface area contributed by atoms with E-state index in [0.717, 1.165) is 0 Å². The topological polar surface area (TPSA) is 74.1 Å². The Morgan fingerprint density at radius 3 is 2.88 bits per heavy atom. The van der Waals surface area contributed by atoms with Gasteiger partial charge in [-0.3, -0.25) is 4.79 Å². The third-order valence-corrected chi connectivity index (χ3v) is 2.24. The van der Waals surface area contributed by atoms with Crippen LogP contribution in [0.1, 0.15) is 20.7 Å². The summed E-state index contributed by atoms with van der Waals surface area (Å²) in [6, 6.07) is 4.64. The van der Waals surface area contributed by atoms with Crippen molar-refractivity contribution in [1.29, 1.82) is 0 Å². The second kappa shape index (κ2) is 4.56. The molecule has 6 heteroatoms. The predicted octanol–water partition coefficient (Wildman–Crippen LogP) is 0.866. The monoisotopic (exact) mass is 231 g/mol. The van der Waals surface area contributed by atoms with Crippen LogP contribution in [-0.4, -0.2) is 34.1 Å². The van der Waals surface area contributed by atoms with Crippen molar-refractivity contribution in [1.82, 2.24) is 14.8 Å². The van der Waals surface area contributed by atoms with Crippen LogP contribution < -0.4 is 0 Å². The maximum absolute atomic E-state index is 11.3. The molecule has 0 N–H and O–H groups in total. The first-order chi connectivity index (χ1) is 8.26. The molecular formula is C11H9N3O3. The molecule has 2 rings (SSSR count). The summed E-state index contributed by atoms with van der Waals surface area (Å²) in [6.07, 6.45) is 3.49. The molecular weight excluding hydrogens is 222 g/mol. The van der Waals surface area contributed by atoms with Crippen molar-refractivity contribution in [3.8, 4) is 5.69 Å². The fraction of sp³-hybridized carbons (Fsp3) is 0.0909. The number of esters is 1. The lowest BCUT2D eigenvalue weighted by Crippen LogP contribution is -2.05. The van der Waals surface area contributed by atoms with Gasteiger partial charge < -0.3 is 4.74 Å². The van der Waals surface area contributed by atoms with Gasteiger partial charge in [0.25, 0.3) is 0 Å². The molecule has 0 aliphatic heterocycles. The summed E-state index contributed by atoms with van der Waals surface area (Å²) >= 11 is 0. The fourth-order valence-corrected chi connectivity index (χ4v) is 1.43. The van der Waals surface area contributed by atoms with Gasteiger partial charge in [0.1, 0.15) is 12.7 Å². The highest BCUT2D eigenvalue weighted by Gasteiger charge is 2.10. The molecule has 1 heterocycles. The smallest absolute Gasteiger partial charge is 0.337 e. The molecule has 2 aromatic rings. The summed E-state index contributed by atoms with van der Waals surface area (Å²) in [5, 5.41) is 3.92. The molecule has 0 fully saturated rings. The fourth-order valence-electron chi connectivity index (χ4n) is 1.43. The van der Waals surface area contributed by atoms with Gasteiger partial charge in [0.15, 0.2) is 6.29 Å². The van der Waals surface area contributed by atoms with Gasteiger partial charge in [-0.25, -0.2) is 14.5 Å². The van der Waals surface area contributed by atoms with E-state index >= 15 is 0 Å². The second-order valence-corrected chi connectivity index (χ2v) is 3.22. The van der Waals surface area contributed by atoms with Crippen LogP contribution in [-0.2, 0) is 4.74 Å². The van der Waals surface area contributed by atoms with Crippen molar-refractivity contribution in [2.24, 2.45) is 0 Å². The molecule has 1 aromatic carbocycles. The molecule has 86 valence electrons. The number of hydrogen-bond donors (Lipinski definition) is 0. The van der Waals surface area contributed by atoms with Crippen LogP contribution in [0.15, 0.2) is 30.9 Å². The molecule has 6 nitrogen and oxygen atoms in total. The molecule has 0 saturated heterocycles. The summed E-state index contributed by atoms with van der Waals surface area (Å²) in [5.41, 5.74) is 1.22. The molecule has 0 radical (unpaired) electrons. The highest BCUT2D eigenvalue weighted by molar-refractivity contribution is 5.93. The van der Waals surface area contributed by atoms with Crippen molar-refractivity contribution < 1.29 is 14.3 Å². The standard InChI is InChI=1S/C11H9N3O3/c1-17-11(16)8-2-3-10(9(4-8)5-15)14-7-12-6-13-14/h2-7H,1H3. The first-order valence-corrected chi connectivity index (χ1v) is 4.79. The van der Waals surface area contributed by atoms with Gasteiger partial charge in [0, 0.05) is 5.56 Å². The molecule has 0 atom stereocenters. The number of aromatic nitrogens is 3. The minimum absolute atomic E-state index is 0.318. The van der Waals surface area contributed by atoms with Crippen LogP contribution in [0.3, 0.4) is 0 Å². The minimum Gasteiger partial charge on any atom is -0.465 e. The maximum atomic E-state index is 11.3. The van der Waals surface area contributed by atoms with E-state index < -0.39 is 5.97 Å². The number of nitrogens with zero attached hydrogens (tertiary/aromatic N) is 3. The first kappa shape index (κ1) is 11.0. The van der Waals surface area contributed by atoms with Gasteiger partial charge in [-0.15, -0.1) is 0 Å². The van der Waals surface area contributed by atoms with E-state index in [1.165, 1.54) is 30.5 Å². The lowest BCUT2D eigenvalue weighted by Gasteiger charge is -2.06.